The molecule has 0 atom stereocenters. The Kier molecular flexibility index (Phi) is 3.13. The third-order valence-electron chi connectivity index (χ3n) is 2.09. The van der Waals surface area contributed by atoms with E-state index in [9.17, 15) is 0 Å². The van der Waals surface area contributed by atoms with Gasteiger partial charge in [0.2, 0.25) is 0 Å². The van der Waals surface area contributed by atoms with Crippen LogP contribution in [0.5, 0.6) is 0 Å². The van der Waals surface area contributed by atoms with Crippen LogP contribution < -0.4 is 5.32 Å². The van der Waals surface area contributed by atoms with Gasteiger partial charge >= 0.3 is 0 Å². The van der Waals surface area contributed by atoms with Gasteiger partial charge in [-0.05, 0) is 20.3 Å². The molecule has 0 spiro atoms. The maximum Gasteiger partial charge on any atom is 0.0726 e. The molecule has 0 aromatic carbocycles. The van der Waals surface area contributed by atoms with Crippen LogP contribution in [0.1, 0.15) is 20.3 Å². The van der Waals surface area contributed by atoms with Crippen molar-refractivity contribution < 1.29 is 0 Å². The molecule has 0 saturated carbocycles. The first-order valence-electron chi connectivity index (χ1n) is 4.67. The largest absolute Gasteiger partial charge is 0.382 e. The summed E-state index contributed by atoms with van der Waals surface area (Å²) in [6, 6.07) is 2.27. The lowest BCUT2D eigenvalue weighted by Crippen LogP contribution is -2.14. The Hall–Kier alpha value is -1.50. The summed E-state index contributed by atoms with van der Waals surface area (Å²) >= 11 is 0. The number of nitrogens with zero attached hydrogens (tertiary/aromatic N) is 3. The van der Waals surface area contributed by atoms with Gasteiger partial charge < -0.3 is 5.32 Å². The van der Waals surface area contributed by atoms with Gasteiger partial charge in [0, 0.05) is 19.8 Å². The molecule has 0 unspecified atom stereocenters. The number of aromatic nitrogens is 2. The molecule has 14 heavy (non-hydrogen) atoms. The lowest BCUT2D eigenvalue weighted by Gasteiger charge is -2.14. The maximum atomic E-state index is 8.80. The van der Waals surface area contributed by atoms with Crippen LogP contribution in [0.15, 0.2) is 12.4 Å². The fourth-order valence-electron chi connectivity index (χ4n) is 1.09. The molecule has 1 rings (SSSR count). The summed E-state index contributed by atoms with van der Waals surface area (Å²) in [4.78, 5) is 0. The van der Waals surface area contributed by atoms with Crippen LogP contribution in [-0.4, -0.2) is 16.3 Å². The molecule has 0 amide bonds. The summed E-state index contributed by atoms with van der Waals surface area (Å²) in [5.74, 6) is 0. The van der Waals surface area contributed by atoms with Crippen LogP contribution in [0.4, 0.5) is 5.69 Å². The lowest BCUT2D eigenvalue weighted by atomic mass is 9.91. The highest BCUT2D eigenvalue weighted by atomic mass is 15.3. The first-order chi connectivity index (χ1) is 6.53. The zero-order chi connectivity index (χ0) is 10.6. The predicted molar refractivity (Wildman–Crippen MR) is 55.7 cm³/mol. The Morgan fingerprint density at radius 2 is 2.36 bits per heavy atom. The van der Waals surface area contributed by atoms with Crippen molar-refractivity contribution in [3.63, 3.8) is 0 Å². The van der Waals surface area contributed by atoms with E-state index >= 15 is 0 Å². The molecule has 1 aromatic rings. The topological polar surface area (TPSA) is 53.6 Å². The highest BCUT2D eigenvalue weighted by molar-refractivity contribution is 5.37. The predicted octanol–water partition coefficient (Wildman–Crippen LogP) is 1.77. The summed E-state index contributed by atoms with van der Waals surface area (Å²) in [6.45, 7) is 4.68. The third-order valence-corrected chi connectivity index (χ3v) is 2.09. The van der Waals surface area contributed by atoms with Gasteiger partial charge in [0.25, 0.3) is 0 Å². The quantitative estimate of drug-likeness (QED) is 0.791. The lowest BCUT2D eigenvalue weighted by molar-refractivity contribution is 0.466. The first-order valence-corrected chi connectivity index (χ1v) is 4.67. The number of anilines is 1. The van der Waals surface area contributed by atoms with Gasteiger partial charge in [-0.1, -0.05) is 0 Å². The number of rotatable bonds is 4. The molecule has 1 heterocycles. The molecule has 0 saturated heterocycles. The normalized spacial score (nSPS) is 11.0. The summed E-state index contributed by atoms with van der Waals surface area (Å²) < 4.78 is 1.75. The van der Waals surface area contributed by atoms with Crippen molar-refractivity contribution in [2.75, 3.05) is 11.9 Å². The van der Waals surface area contributed by atoms with Gasteiger partial charge in [0.15, 0.2) is 0 Å². The van der Waals surface area contributed by atoms with E-state index in [1.165, 1.54) is 0 Å². The molecular weight excluding hydrogens is 176 g/mol. The Morgan fingerprint density at radius 3 is 2.86 bits per heavy atom. The molecule has 0 aliphatic heterocycles. The van der Waals surface area contributed by atoms with E-state index in [0.29, 0.717) is 0 Å². The van der Waals surface area contributed by atoms with E-state index in [4.69, 9.17) is 5.26 Å². The average molecular weight is 192 g/mol. The van der Waals surface area contributed by atoms with Gasteiger partial charge in [-0.2, -0.15) is 10.4 Å². The van der Waals surface area contributed by atoms with Crippen LogP contribution in [0, 0.1) is 16.7 Å². The minimum absolute atomic E-state index is 0.255. The number of hydrogen-bond acceptors (Lipinski definition) is 3. The monoisotopic (exact) mass is 192 g/mol. The summed E-state index contributed by atoms with van der Waals surface area (Å²) in [5.41, 5.74) is 0.746. The highest BCUT2D eigenvalue weighted by Gasteiger charge is 2.15. The van der Waals surface area contributed by atoms with E-state index < -0.39 is 0 Å². The van der Waals surface area contributed by atoms with Crippen molar-refractivity contribution in [3.05, 3.63) is 12.4 Å². The molecule has 0 bridgehead atoms. The van der Waals surface area contributed by atoms with Crippen molar-refractivity contribution in [1.29, 1.82) is 5.26 Å². The average Bonchev–Trinajstić information content (AvgIpc) is 2.51. The van der Waals surface area contributed by atoms with Crippen molar-refractivity contribution in [2.24, 2.45) is 12.5 Å². The zero-order valence-corrected chi connectivity index (χ0v) is 8.91. The third kappa shape index (κ3) is 3.09. The number of nitrogens with one attached hydrogen (secondary N) is 1. The van der Waals surface area contributed by atoms with Crippen molar-refractivity contribution in [2.45, 2.75) is 20.3 Å². The molecule has 1 N–H and O–H groups in total. The van der Waals surface area contributed by atoms with E-state index in [-0.39, 0.29) is 5.41 Å². The second kappa shape index (κ2) is 4.14. The number of nitriles is 1. The zero-order valence-electron chi connectivity index (χ0n) is 8.91. The SMILES string of the molecule is Cn1cc(NCCC(C)(C)C#N)cn1. The summed E-state index contributed by atoms with van der Waals surface area (Å²) in [5, 5.41) is 16.1. The second-order valence-electron chi connectivity index (χ2n) is 4.08. The Bertz CT molecular complexity index is 332. The van der Waals surface area contributed by atoms with Crippen LogP contribution in [-0.2, 0) is 7.05 Å². The summed E-state index contributed by atoms with van der Waals surface area (Å²) in [7, 11) is 1.88. The fraction of sp³-hybridized carbons (Fsp3) is 0.600. The Morgan fingerprint density at radius 1 is 1.64 bits per heavy atom. The molecule has 0 fully saturated rings. The minimum atomic E-state index is -0.255. The maximum absolute atomic E-state index is 8.80. The molecular formula is C10H16N4. The van der Waals surface area contributed by atoms with Crippen molar-refractivity contribution >= 4 is 5.69 Å². The highest BCUT2D eigenvalue weighted by Crippen LogP contribution is 2.18. The Labute approximate surface area is 84.5 Å². The van der Waals surface area contributed by atoms with Gasteiger partial charge in [-0.25, -0.2) is 0 Å². The molecule has 4 heteroatoms. The van der Waals surface area contributed by atoms with Gasteiger partial charge in [-0.3, -0.25) is 4.68 Å². The molecule has 76 valence electrons. The van der Waals surface area contributed by atoms with Crippen LogP contribution >= 0.6 is 0 Å². The van der Waals surface area contributed by atoms with Crippen LogP contribution in [0.25, 0.3) is 0 Å². The molecule has 0 radical (unpaired) electrons. The second-order valence-corrected chi connectivity index (χ2v) is 4.08. The molecule has 0 aliphatic rings. The van der Waals surface area contributed by atoms with Crippen LogP contribution in [0.2, 0.25) is 0 Å². The Balaban J connectivity index is 2.33. The fourth-order valence-corrected chi connectivity index (χ4v) is 1.09. The standard InChI is InChI=1S/C10H16N4/c1-10(2,8-11)4-5-12-9-6-13-14(3)7-9/h6-7,12H,4-5H2,1-3H3. The first kappa shape index (κ1) is 10.6. The van der Waals surface area contributed by atoms with Gasteiger partial charge in [0.05, 0.1) is 23.4 Å². The minimum Gasteiger partial charge on any atom is -0.382 e. The van der Waals surface area contributed by atoms with Gasteiger partial charge in [0.1, 0.15) is 0 Å². The van der Waals surface area contributed by atoms with Crippen LogP contribution in [0.3, 0.4) is 0 Å². The van der Waals surface area contributed by atoms with Gasteiger partial charge in [-0.15, -0.1) is 0 Å². The molecule has 4 nitrogen and oxygen atoms in total. The molecule has 0 aliphatic carbocycles. The molecule has 1 aromatic heterocycles. The summed E-state index contributed by atoms with van der Waals surface area (Å²) in [6.07, 6.45) is 4.52. The van der Waals surface area contributed by atoms with E-state index in [1.807, 2.05) is 27.1 Å². The van der Waals surface area contributed by atoms with Crippen molar-refractivity contribution in [3.8, 4) is 6.07 Å². The number of hydrogen-bond donors (Lipinski definition) is 1. The van der Waals surface area contributed by atoms with E-state index in [1.54, 1.807) is 10.9 Å². The van der Waals surface area contributed by atoms with Crippen molar-refractivity contribution in [1.82, 2.24) is 9.78 Å². The number of aryl methyl sites for hydroxylation is 1. The smallest absolute Gasteiger partial charge is 0.0726 e. The van der Waals surface area contributed by atoms with E-state index in [2.05, 4.69) is 16.5 Å². The van der Waals surface area contributed by atoms with E-state index in [0.717, 1.165) is 18.7 Å².